The lowest BCUT2D eigenvalue weighted by molar-refractivity contribution is 0.0606. The molecule has 94 valence electrons. The van der Waals surface area contributed by atoms with E-state index in [0.29, 0.717) is 16.3 Å². The smallest absolute Gasteiger partial charge is 0.349 e. The molecule has 0 bridgehead atoms. The van der Waals surface area contributed by atoms with Crippen LogP contribution in [0.3, 0.4) is 0 Å². The Morgan fingerprint density at radius 3 is 3.00 bits per heavy atom. The monoisotopic (exact) mass is 254 g/mol. The first-order valence-electron chi connectivity index (χ1n) is 5.81. The molecule has 1 atom stereocenters. The van der Waals surface area contributed by atoms with E-state index < -0.39 is 0 Å². The quantitative estimate of drug-likeness (QED) is 0.843. The summed E-state index contributed by atoms with van der Waals surface area (Å²) in [4.78, 5) is 16.0. The second-order valence-corrected chi connectivity index (χ2v) is 6.30. The van der Waals surface area contributed by atoms with Gasteiger partial charge < -0.3 is 10.1 Å². The normalized spacial score (nSPS) is 22.4. The van der Waals surface area contributed by atoms with Crippen LogP contribution >= 0.6 is 11.3 Å². The fraction of sp³-hybridized carbons (Fsp3) is 0.667. The minimum Gasteiger partial charge on any atom is -0.465 e. The van der Waals surface area contributed by atoms with E-state index in [4.69, 9.17) is 0 Å². The number of esters is 1. The van der Waals surface area contributed by atoms with Crippen LogP contribution in [0.4, 0.5) is 5.13 Å². The second-order valence-electron chi connectivity index (χ2n) is 5.27. The van der Waals surface area contributed by atoms with Gasteiger partial charge in [-0.25, -0.2) is 9.78 Å². The van der Waals surface area contributed by atoms with Crippen LogP contribution < -0.4 is 5.32 Å². The zero-order valence-electron chi connectivity index (χ0n) is 10.4. The van der Waals surface area contributed by atoms with Crippen molar-refractivity contribution in [1.29, 1.82) is 0 Å². The van der Waals surface area contributed by atoms with Crippen molar-refractivity contribution >= 4 is 22.4 Å². The van der Waals surface area contributed by atoms with E-state index in [-0.39, 0.29) is 5.97 Å². The highest BCUT2D eigenvalue weighted by Gasteiger charge is 2.31. The van der Waals surface area contributed by atoms with Crippen LogP contribution in [0.2, 0.25) is 0 Å². The topological polar surface area (TPSA) is 51.2 Å². The number of methoxy groups -OCH3 is 1. The molecule has 0 saturated heterocycles. The van der Waals surface area contributed by atoms with E-state index in [9.17, 15) is 4.79 Å². The molecule has 1 heterocycles. The highest BCUT2D eigenvalue weighted by molar-refractivity contribution is 7.17. The Morgan fingerprint density at radius 1 is 1.65 bits per heavy atom. The highest BCUT2D eigenvalue weighted by Crippen LogP contribution is 2.38. The number of hydrogen-bond acceptors (Lipinski definition) is 5. The van der Waals surface area contributed by atoms with Gasteiger partial charge in [-0.15, -0.1) is 0 Å². The molecule has 0 spiro atoms. The molecule has 0 aromatic carbocycles. The van der Waals surface area contributed by atoms with Gasteiger partial charge in [0.2, 0.25) is 0 Å². The zero-order chi connectivity index (χ0) is 12.5. The number of aromatic nitrogens is 1. The second kappa shape index (κ2) is 4.64. The number of ether oxygens (including phenoxy) is 1. The van der Waals surface area contributed by atoms with Crippen molar-refractivity contribution in [2.45, 2.75) is 39.2 Å². The molecular formula is C12H18N2O2S. The van der Waals surface area contributed by atoms with Gasteiger partial charge >= 0.3 is 5.97 Å². The predicted molar refractivity (Wildman–Crippen MR) is 68.5 cm³/mol. The van der Waals surface area contributed by atoms with Gasteiger partial charge in [-0.2, -0.15) is 0 Å². The minimum atomic E-state index is -0.317. The first-order chi connectivity index (χ1) is 8.00. The zero-order valence-corrected chi connectivity index (χ0v) is 11.3. The van der Waals surface area contributed by atoms with Gasteiger partial charge in [-0.3, -0.25) is 0 Å². The molecule has 4 nitrogen and oxygen atoms in total. The van der Waals surface area contributed by atoms with Gasteiger partial charge in [0.1, 0.15) is 4.88 Å². The van der Waals surface area contributed by atoms with E-state index >= 15 is 0 Å². The van der Waals surface area contributed by atoms with Gasteiger partial charge in [-0.1, -0.05) is 25.2 Å². The first kappa shape index (κ1) is 12.4. The average Bonchev–Trinajstić information content (AvgIpc) is 2.85. The van der Waals surface area contributed by atoms with Gasteiger partial charge in [0, 0.05) is 6.04 Å². The summed E-state index contributed by atoms with van der Waals surface area (Å²) in [6.45, 7) is 4.58. The lowest BCUT2D eigenvalue weighted by atomic mass is 9.92. The molecule has 1 N–H and O–H groups in total. The van der Waals surface area contributed by atoms with Crippen molar-refractivity contribution < 1.29 is 9.53 Å². The molecule has 1 saturated carbocycles. The molecule has 1 unspecified atom stereocenters. The first-order valence-corrected chi connectivity index (χ1v) is 6.62. The molecule has 17 heavy (non-hydrogen) atoms. The van der Waals surface area contributed by atoms with Crippen LogP contribution in [-0.4, -0.2) is 24.1 Å². The summed E-state index contributed by atoms with van der Waals surface area (Å²) < 4.78 is 4.66. The molecule has 0 amide bonds. The van der Waals surface area contributed by atoms with Crippen molar-refractivity contribution in [3.8, 4) is 0 Å². The molecule has 0 aliphatic heterocycles. The van der Waals surface area contributed by atoms with Crippen LogP contribution in [0.1, 0.15) is 42.8 Å². The Kier molecular flexibility index (Phi) is 3.38. The van der Waals surface area contributed by atoms with E-state index in [1.807, 2.05) is 0 Å². The van der Waals surface area contributed by atoms with Crippen molar-refractivity contribution in [2.75, 3.05) is 12.4 Å². The third kappa shape index (κ3) is 2.97. The fourth-order valence-corrected chi connectivity index (χ4v) is 3.08. The summed E-state index contributed by atoms with van der Waals surface area (Å²) in [6, 6.07) is 0.474. The maximum Gasteiger partial charge on any atom is 0.349 e. The van der Waals surface area contributed by atoms with E-state index in [0.717, 1.165) is 11.6 Å². The van der Waals surface area contributed by atoms with E-state index in [1.165, 1.54) is 31.3 Å². The number of carbonyl (C=O) groups excluding carboxylic acids is 1. The standard InChI is InChI=1S/C12H18N2O2S/c1-12(2)5-4-8(6-12)14-11-13-7-9(17-11)10(15)16-3/h7-8H,4-6H2,1-3H3,(H,13,14). The van der Waals surface area contributed by atoms with Gasteiger partial charge in [0.25, 0.3) is 0 Å². The maximum absolute atomic E-state index is 11.3. The lowest BCUT2D eigenvalue weighted by Gasteiger charge is -2.17. The molecule has 1 fully saturated rings. The van der Waals surface area contributed by atoms with Crippen molar-refractivity contribution in [2.24, 2.45) is 5.41 Å². The molecule has 0 radical (unpaired) electrons. The average molecular weight is 254 g/mol. The molecule has 2 rings (SSSR count). The molecule has 1 aliphatic rings. The van der Waals surface area contributed by atoms with Crippen LogP contribution in [0.5, 0.6) is 0 Å². The Bertz CT molecular complexity index is 414. The van der Waals surface area contributed by atoms with Crippen LogP contribution in [0.15, 0.2) is 6.20 Å². The van der Waals surface area contributed by atoms with E-state index in [2.05, 4.69) is 28.9 Å². The summed E-state index contributed by atoms with van der Waals surface area (Å²) in [5.74, 6) is -0.317. The van der Waals surface area contributed by atoms with Crippen LogP contribution in [0.25, 0.3) is 0 Å². The summed E-state index contributed by atoms with van der Waals surface area (Å²) in [5, 5.41) is 4.21. The summed E-state index contributed by atoms with van der Waals surface area (Å²) >= 11 is 1.36. The predicted octanol–water partition coefficient (Wildman–Crippen LogP) is 2.92. The van der Waals surface area contributed by atoms with Gasteiger partial charge in [-0.05, 0) is 24.7 Å². The highest BCUT2D eigenvalue weighted by atomic mass is 32.1. The fourth-order valence-electron chi connectivity index (χ4n) is 2.27. The Morgan fingerprint density at radius 2 is 2.41 bits per heavy atom. The summed E-state index contributed by atoms with van der Waals surface area (Å²) in [7, 11) is 1.38. The van der Waals surface area contributed by atoms with Crippen LogP contribution in [-0.2, 0) is 4.74 Å². The molecule has 1 aromatic heterocycles. The van der Waals surface area contributed by atoms with Crippen LogP contribution in [0, 0.1) is 5.41 Å². The number of rotatable bonds is 3. The summed E-state index contributed by atoms with van der Waals surface area (Å²) in [6.07, 6.45) is 5.12. The van der Waals surface area contributed by atoms with E-state index in [1.54, 1.807) is 6.20 Å². The van der Waals surface area contributed by atoms with Crippen molar-refractivity contribution in [1.82, 2.24) is 4.98 Å². The van der Waals surface area contributed by atoms with Crippen molar-refractivity contribution in [3.05, 3.63) is 11.1 Å². The molecule has 1 aliphatic carbocycles. The third-order valence-corrected chi connectivity index (χ3v) is 4.10. The number of anilines is 1. The maximum atomic E-state index is 11.3. The van der Waals surface area contributed by atoms with Crippen molar-refractivity contribution in [3.63, 3.8) is 0 Å². The Hall–Kier alpha value is -1.10. The SMILES string of the molecule is COC(=O)c1cnc(NC2CCC(C)(C)C2)s1. The van der Waals surface area contributed by atoms with Gasteiger partial charge in [0.05, 0.1) is 13.3 Å². The number of nitrogens with zero attached hydrogens (tertiary/aromatic N) is 1. The largest absolute Gasteiger partial charge is 0.465 e. The Labute approximate surface area is 105 Å². The lowest BCUT2D eigenvalue weighted by Crippen LogP contribution is -2.17. The molecule has 1 aromatic rings. The summed E-state index contributed by atoms with van der Waals surface area (Å²) in [5.41, 5.74) is 0.417. The number of thiazole rings is 1. The number of hydrogen-bond donors (Lipinski definition) is 1. The van der Waals surface area contributed by atoms with Gasteiger partial charge in [0.15, 0.2) is 5.13 Å². The number of nitrogens with one attached hydrogen (secondary N) is 1. The molecule has 5 heteroatoms. The Balaban J connectivity index is 1.96. The third-order valence-electron chi connectivity index (χ3n) is 3.19. The molecular weight excluding hydrogens is 236 g/mol. The minimum absolute atomic E-state index is 0.317. The number of carbonyl (C=O) groups is 1.